The number of Topliss-reactive ketones (excluding diaryl/α,β-unsaturated/α-hetero) is 1. The van der Waals surface area contributed by atoms with Crippen LogP contribution >= 0.6 is 11.6 Å². The molecular formula is C15H19ClN2O3. The van der Waals surface area contributed by atoms with Gasteiger partial charge in [-0.05, 0) is 32.9 Å². The van der Waals surface area contributed by atoms with Gasteiger partial charge in [-0.3, -0.25) is 14.7 Å². The first-order valence-electron chi connectivity index (χ1n) is 6.46. The molecule has 0 saturated heterocycles. The van der Waals surface area contributed by atoms with Gasteiger partial charge in [0.1, 0.15) is 11.3 Å². The van der Waals surface area contributed by atoms with Crippen LogP contribution in [0.5, 0.6) is 0 Å². The maximum atomic E-state index is 12.1. The molecule has 0 N–H and O–H groups in total. The van der Waals surface area contributed by atoms with Crippen molar-refractivity contribution in [1.29, 1.82) is 0 Å². The van der Waals surface area contributed by atoms with Crippen LogP contribution in [0, 0.1) is 0 Å². The number of amides is 1. The SMILES string of the molecule is C=CCN(CC(=O)c1cc(Cl)ccn1)C(=O)OC(C)(C)C. The number of hydrogen-bond acceptors (Lipinski definition) is 4. The molecule has 5 nitrogen and oxygen atoms in total. The summed E-state index contributed by atoms with van der Waals surface area (Å²) in [6.07, 6.45) is 2.40. The minimum atomic E-state index is -0.631. The Labute approximate surface area is 129 Å². The lowest BCUT2D eigenvalue weighted by molar-refractivity contribution is 0.0268. The number of halogens is 1. The van der Waals surface area contributed by atoms with Crippen molar-refractivity contribution >= 4 is 23.5 Å². The zero-order valence-electron chi connectivity index (χ0n) is 12.4. The molecule has 0 aliphatic carbocycles. The highest BCUT2D eigenvalue weighted by atomic mass is 35.5. The predicted molar refractivity (Wildman–Crippen MR) is 81.6 cm³/mol. The molecule has 0 radical (unpaired) electrons. The standard InChI is InChI=1S/C15H19ClN2O3/c1-5-8-18(14(20)21-15(2,3)4)10-13(19)12-9-11(16)6-7-17-12/h5-7,9H,1,8,10H2,2-4H3. The molecule has 1 heterocycles. The first-order valence-corrected chi connectivity index (χ1v) is 6.84. The molecule has 6 heteroatoms. The summed E-state index contributed by atoms with van der Waals surface area (Å²) in [5.74, 6) is -0.315. The van der Waals surface area contributed by atoms with Gasteiger partial charge in [-0.15, -0.1) is 6.58 Å². The molecule has 0 atom stereocenters. The van der Waals surface area contributed by atoms with Crippen molar-refractivity contribution in [3.63, 3.8) is 0 Å². The second kappa shape index (κ2) is 7.22. The fourth-order valence-corrected chi connectivity index (χ4v) is 1.66. The van der Waals surface area contributed by atoms with E-state index in [-0.39, 0.29) is 24.6 Å². The fraction of sp³-hybridized carbons (Fsp3) is 0.400. The van der Waals surface area contributed by atoms with Gasteiger partial charge >= 0.3 is 6.09 Å². The maximum Gasteiger partial charge on any atom is 0.410 e. The molecule has 1 rings (SSSR count). The Morgan fingerprint density at radius 2 is 2.14 bits per heavy atom. The van der Waals surface area contributed by atoms with Crippen molar-refractivity contribution in [2.24, 2.45) is 0 Å². The Bertz CT molecular complexity index is 538. The van der Waals surface area contributed by atoms with E-state index in [4.69, 9.17) is 16.3 Å². The zero-order valence-corrected chi connectivity index (χ0v) is 13.2. The highest BCUT2D eigenvalue weighted by Gasteiger charge is 2.24. The van der Waals surface area contributed by atoms with Crippen molar-refractivity contribution in [2.75, 3.05) is 13.1 Å². The summed E-state index contributed by atoms with van der Waals surface area (Å²) in [5.41, 5.74) is -0.423. The number of carbonyl (C=O) groups excluding carboxylic acids is 2. The number of rotatable bonds is 5. The highest BCUT2D eigenvalue weighted by Crippen LogP contribution is 2.12. The third kappa shape index (κ3) is 5.95. The molecule has 0 aliphatic rings. The average Bonchev–Trinajstić information content (AvgIpc) is 2.36. The second-order valence-electron chi connectivity index (χ2n) is 5.43. The van der Waals surface area contributed by atoms with Gasteiger partial charge in [0.25, 0.3) is 0 Å². The Morgan fingerprint density at radius 1 is 1.48 bits per heavy atom. The van der Waals surface area contributed by atoms with Crippen molar-refractivity contribution in [3.05, 3.63) is 41.7 Å². The van der Waals surface area contributed by atoms with E-state index >= 15 is 0 Å². The maximum absolute atomic E-state index is 12.1. The third-order valence-corrected chi connectivity index (χ3v) is 2.58. The predicted octanol–water partition coefficient (Wildman–Crippen LogP) is 3.34. The quantitative estimate of drug-likeness (QED) is 0.618. The smallest absolute Gasteiger partial charge is 0.410 e. The van der Waals surface area contributed by atoms with E-state index in [1.54, 1.807) is 26.8 Å². The normalized spacial score (nSPS) is 10.9. The van der Waals surface area contributed by atoms with Crippen molar-refractivity contribution in [2.45, 2.75) is 26.4 Å². The second-order valence-corrected chi connectivity index (χ2v) is 5.87. The van der Waals surface area contributed by atoms with E-state index in [1.807, 2.05) is 0 Å². The zero-order chi connectivity index (χ0) is 16.0. The lowest BCUT2D eigenvalue weighted by Gasteiger charge is -2.26. The summed E-state index contributed by atoms with van der Waals surface area (Å²) >= 11 is 5.82. The minimum Gasteiger partial charge on any atom is -0.444 e. The summed E-state index contributed by atoms with van der Waals surface area (Å²) < 4.78 is 5.25. The molecular weight excluding hydrogens is 292 g/mol. The van der Waals surface area contributed by atoms with E-state index in [2.05, 4.69) is 11.6 Å². The number of ether oxygens (including phenoxy) is 1. The molecule has 21 heavy (non-hydrogen) atoms. The Morgan fingerprint density at radius 3 is 2.67 bits per heavy atom. The average molecular weight is 311 g/mol. The van der Waals surface area contributed by atoms with Crippen molar-refractivity contribution in [1.82, 2.24) is 9.88 Å². The first kappa shape index (κ1) is 17.2. The van der Waals surface area contributed by atoms with Crippen LogP contribution in [0.3, 0.4) is 0 Å². The number of nitrogens with zero attached hydrogens (tertiary/aromatic N) is 2. The van der Waals surface area contributed by atoms with E-state index in [0.29, 0.717) is 5.02 Å². The molecule has 0 aromatic carbocycles. The molecule has 0 fully saturated rings. The minimum absolute atomic E-state index is 0.145. The summed E-state index contributed by atoms with van der Waals surface area (Å²) in [5, 5.41) is 0.417. The van der Waals surface area contributed by atoms with Crippen LogP contribution in [0.4, 0.5) is 4.79 Å². The van der Waals surface area contributed by atoms with Gasteiger partial charge in [0.15, 0.2) is 0 Å². The topological polar surface area (TPSA) is 59.5 Å². The van der Waals surface area contributed by atoms with Crippen LogP contribution < -0.4 is 0 Å². The van der Waals surface area contributed by atoms with Crippen LogP contribution in [-0.2, 0) is 4.74 Å². The first-order chi connectivity index (χ1) is 9.73. The molecule has 1 amide bonds. The molecule has 0 bridgehead atoms. The molecule has 1 aromatic rings. The Kier molecular flexibility index (Phi) is 5.90. The fourth-order valence-electron chi connectivity index (χ4n) is 1.50. The van der Waals surface area contributed by atoms with E-state index in [0.717, 1.165) is 0 Å². The monoisotopic (exact) mass is 310 g/mol. The van der Waals surface area contributed by atoms with Crippen LogP contribution in [0.15, 0.2) is 31.0 Å². The van der Waals surface area contributed by atoms with Gasteiger partial charge in [-0.25, -0.2) is 4.79 Å². The van der Waals surface area contributed by atoms with Crippen LogP contribution in [0.2, 0.25) is 5.02 Å². The summed E-state index contributed by atoms with van der Waals surface area (Å²) in [6, 6.07) is 3.04. The number of pyridine rings is 1. The van der Waals surface area contributed by atoms with Crippen molar-refractivity contribution < 1.29 is 14.3 Å². The van der Waals surface area contributed by atoms with E-state index in [1.165, 1.54) is 23.2 Å². The van der Waals surface area contributed by atoms with E-state index < -0.39 is 11.7 Å². The van der Waals surface area contributed by atoms with Gasteiger partial charge in [0, 0.05) is 17.8 Å². The molecule has 0 unspecified atom stereocenters. The Hall–Kier alpha value is -1.88. The number of aromatic nitrogens is 1. The summed E-state index contributed by atoms with van der Waals surface area (Å²) in [4.78, 5) is 29.4. The number of carbonyl (C=O) groups is 2. The lowest BCUT2D eigenvalue weighted by atomic mass is 10.2. The molecule has 1 aromatic heterocycles. The van der Waals surface area contributed by atoms with Crippen LogP contribution in [0.25, 0.3) is 0 Å². The van der Waals surface area contributed by atoms with Crippen LogP contribution in [-0.4, -0.2) is 40.5 Å². The largest absolute Gasteiger partial charge is 0.444 e. The van der Waals surface area contributed by atoms with Crippen molar-refractivity contribution in [3.8, 4) is 0 Å². The molecule has 0 saturated carbocycles. The highest BCUT2D eigenvalue weighted by molar-refractivity contribution is 6.30. The lowest BCUT2D eigenvalue weighted by Crippen LogP contribution is -2.40. The molecule has 114 valence electrons. The summed E-state index contributed by atoms with van der Waals surface area (Å²) in [7, 11) is 0. The number of hydrogen-bond donors (Lipinski definition) is 0. The van der Waals surface area contributed by atoms with Gasteiger partial charge in [-0.1, -0.05) is 17.7 Å². The van der Waals surface area contributed by atoms with Gasteiger partial charge in [0.05, 0.1) is 6.54 Å². The van der Waals surface area contributed by atoms with Gasteiger partial charge in [0.2, 0.25) is 5.78 Å². The third-order valence-electron chi connectivity index (χ3n) is 2.34. The summed E-state index contributed by atoms with van der Waals surface area (Å²) in [6.45, 7) is 8.92. The molecule has 0 aliphatic heterocycles. The molecule has 0 spiro atoms. The van der Waals surface area contributed by atoms with E-state index in [9.17, 15) is 9.59 Å². The van der Waals surface area contributed by atoms with Gasteiger partial charge in [-0.2, -0.15) is 0 Å². The van der Waals surface area contributed by atoms with Crippen LogP contribution in [0.1, 0.15) is 31.3 Å². The Balaban J connectivity index is 2.80. The van der Waals surface area contributed by atoms with Gasteiger partial charge < -0.3 is 4.74 Å². The number of ketones is 1.